The molecule has 0 aliphatic heterocycles. The third-order valence-corrected chi connectivity index (χ3v) is 4.29. The third kappa shape index (κ3) is 10.9. The maximum absolute atomic E-state index is 11.7. The van der Waals surface area contributed by atoms with Gasteiger partial charge in [0.05, 0.1) is 18.8 Å². The zero-order valence-corrected chi connectivity index (χ0v) is 16.2. The molecule has 0 saturated heterocycles. The molecule has 142 valence electrons. The van der Waals surface area contributed by atoms with E-state index in [9.17, 15) is 4.79 Å². The van der Waals surface area contributed by atoms with E-state index >= 15 is 0 Å². The summed E-state index contributed by atoms with van der Waals surface area (Å²) in [7, 11) is 0. The van der Waals surface area contributed by atoms with Crippen molar-refractivity contribution in [1.82, 2.24) is 0 Å². The first-order chi connectivity index (χ1) is 12.3. The van der Waals surface area contributed by atoms with Gasteiger partial charge < -0.3 is 9.47 Å². The van der Waals surface area contributed by atoms with E-state index in [1.165, 1.54) is 57.8 Å². The Morgan fingerprint density at radius 1 is 0.720 bits per heavy atom. The molecule has 0 heterocycles. The second kappa shape index (κ2) is 14.8. The molecule has 0 radical (unpaired) electrons. The van der Waals surface area contributed by atoms with Gasteiger partial charge in [0.15, 0.2) is 0 Å². The van der Waals surface area contributed by atoms with Crippen LogP contribution in [0, 0.1) is 0 Å². The first-order valence-electron chi connectivity index (χ1n) is 10.2. The number of esters is 1. The summed E-state index contributed by atoms with van der Waals surface area (Å²) in [4.78, 5) is 11.7. The highest BCUT2D eigenvalue weighted by atomic mass is 16.5. The summed E-state index contributed by atoms with van der Waals surface area (Å²) in [6, 6.07) is 7.23. The highest BCUT2D eigenvalue weighted by molar-refractivity contribution is 5.89. The fourth-order valence-electron chi connectivity index (χ4n) is 2.74. The molecule has 0 unspecified atom stereocenters. The van der Waals surface area contributed by atoms with Crippen LogP contribution in [0.5, 0.6) is 5.75 Å². The van der Waals surface area contributed by atoms with Gasteiger partial charge in [0, 0.05) is 0 Å². The van der Waals surface area contributed by atoms with Crippen LogP contribution in [0.4, 0.5) is 0 Å². The minimum absolute atomic E-state index is 0.261. The monoisotopic (exact) mass is 348 g/mol. The molecule has 1 aromatic rings. The van der Waals surface area contributed by atoms with Crippen molar-refractivity contribution in [3.63, 3.8) is 0 Å². The van der Waals surface area contributed by atoms with Gasteiger partial charge in [0.25, 0.3) is 0 Å². The van der Waals surface area contributed by atoms with Crippen LogP contribution in [0.15, 0.2) is 24.3 Å². The number of ether oxygens (including phenoxy) is 2. The van der Waals surface area contributed by atoms with Crippen LogP contribution in [0.3, 0.4) is 0 Å². The van der Waals surface area contributed by atoms with Gasteiger partial charge in [0.2, 0.25) is 0 Å². The Hall–Kier alpha value is -1.51. The van der Waals surface area contributed by atoms with Crippen LogP contribution in [-0.4, -0.2) is 19.2 Å². The van der Waals surface area contributed by atoms with Crippen molar-refractivity contribution in [2.45, 2.75) is 84.5 Å². The third-order valence-electron chi connectivity index (χ3n) is 4.29. The predicted molar refractivity (Wildman–Crippen MR) is 104 cm³/mol. The Kier molecular flexibility index (Phi) is 12.7. The molecule has 1 rings (SSSR count). The minimum Gasteiger partial charge on any atom is -0.494 e. The number of hydrogen-bond acceptors (Lipinski definition) is 3. The summed E-state index contributed by atoms with van der Waals surface area (Å²) >= 11 is 0. The molecular formula is C22H36O3. The van der Waals surface area contributed by atoms with E-state index in [1.807, 2.05) is 19.1 Å². The second-order valence-electron chi connectivity index (χ2n) is 6.69. The molecule has 25 heavy (non-hydrogen) atoms. The van der Waals surface area contributed by atoms with E-state index < -0.39 is 0 Å². The number of carbonyl (C=O) groups excluding carboxylic acids is 1. The summed E-state index contributed by atoms with van der Waals surface area (Å²) in [5.41, 5.74) is 0.583. The smallest absolute Gasteiger partial charge is 0.338 e. The van der Waals surface area contributed by atoms with Crippen molar-refractivity contribution in [3.8, 4) is 5.75 Å². The predicted octanol–water partition coefficient (Wildman–Crippen LogP) is 6.55. The van der Waals surface area contributed by atoms with Crippen molar-refractivity contribution < 1.29 is 14.3 Å². The Morgan fingerprint density at radius 2 is 1.28 bits per heavy atom. The molecule has 0 amide bonds. The van der Waals surface area contributed by atoms with Gasteiger partial charge in [-0.2, -0.15) is 0 Å². The average Bonchev–Trinajstić information content (AvgIpc) is 2.64. The van der Waals surface area contributed by atoms with Crippen LogP contribution in [0.2, 0.25) is 0 Å². The van der Waals surface area contributed by atoms with Crippen LogP contribution >= 0.6 is 0 Å². The maximum atomic E-state index is 11.7. The number of unbranched alkanes of at least 4 members (excludes halogenated alkanes) is 9. The van der Waals surface area contributed by atoms with Gasteiger partial charge in [0.1, 0.15) is 5.75 Å². The van der Waals surface area contributed by atoms with E-state index in [0.717, 1.165) is 25.2 Å². The highest BCUT2D eigenvalue weighted by Gasteiger charge is 2.06. The quantitative estimate of drug-likeness (QED) is 0.266. The van der Waals surface area contributed by atoms with E-state index in [-0.39, 0.29) is 5.97 Å². The van der Waals surface area contributed by atoms with Crippen LogP contribution < -0.4 is 4.74 Å². The van der Waals surface area contributed by atoms with E-state index in [1.54, 1.807) is 12.1 Å². The number of carbonyl (C=O) groups is 1. The zero-order chi connectivity index (χ0) is 18.2. The molecule has 0 N–H and O–H groups in total. The summed E-state index contributed by atoms with van der Waals surface area (Å²) in [6.07, 6.45) is 14.1. The van der Waals surface area contributed by atoms with Crippen LogP contribution in [0.1, 0.15) is 94.8 Å². The normalized spacial score (nSPS) is 10.6. The van der Waals surface area contributed by atoms with E-state index in [2.05, 4.69) is 6.92 Å². The Balaban J connectivity index is 2.02. The standard InChI is InChI=1S/C22H36O3/c1-3-5-6-7-8-9-10-11-12-13-19-24-21-16-14-20(15-17-21)22(23)25-18-4-2/h14-17H,3-13,18-19H2,1-2H3. The van der Waals surface area contributed by atoms with Crippen LogP contribution in [-0.2, 0) is 4.74 Å². The largest absolute Gasteiger partial charge is 0.494 e. The SMILES string of the molecule is CCCCCCCCCCCCOc1ccc(C(=O)OCCC)cc1. The lowest BCUT2D eigenvalue weighted by atomic mass is 10.1. The van der Waals surface area contributed by atoms with Gasteiger partial charge >= 0.3 is 5.97 Å². The van der Waals surface area contributed by atoms with Crippen molar-refractivity contribution in [3.05, 3.63) is 29.8 Å². The van der Waals surface area contributed by atoms with Crippen LogP contribution in [0.25, 0.3) is 0 Å². The fourth-order valence-corrected chi connectivity index (χ4v) is 2.74. The molecule has 0 spiro atoms. The summed E-state index contributed by atoms with van der Waals surface area (Å²) < 4.78 is 10.9. The maximum Gasteiger partial charge on any atom is 0.338 e. The molecular weight excluding hydrogens is 312 g/mol. The Morgan fingerprint density at radius 3 is 1.84 bits per heavy atom. The summed E-state index contributed by atoms with van der Waals surface area (Å²) in [5.74, 6) is 0.561. The molecule has 0 aliphatic carbocycles. The lowest BCUT2D eigenvalue weighted by Gasteiger charge is -2.07. The average molecular weight is 349 g/mol. The number of benzene rings is 1. The van der Waals surface area contributed by atoms with E-state index in [0.29, 0.717) is 12.2 Å². The summed E-state index contributed by atoms with van der Waals surface area (Å²) in [5, 5.41) is 0. The van der Waals surface area contributed by atoms with Gasteiger partial charge in [-0.1, -0.05) is 71.6 Å². The zero-order valence-electron chi connectivity index (χ0n) is 16.2. The highest BCUT2D eigenvalue weighted by Crippen LogP contribution is 2.15. The summed E-state index contributed by atoms with van der Waals surface area (Å²) in [6.45, 7) is 5.46. The van der Waals surface area contributed by atoms with Crippen molar-refractivity contribution in [2.75, 3.05) is 13.2 Å². The lowest BCUT2D eigenvalue weighted by molar-refractivity contribution is 0.0505. The van der Waals surface area contributed by atoms with Crippen molar-refractivity contribution in [1.29, 1.82) is 0 Å². The molecule has 0 atom stereocenters. The Bertz CT molecular complexity index is 439. The van der Waals surface area contributed by atoms with Crippen molar-refractivity contribution in [2.24, 2.45) is 0 Å². The first kappa shape index (κ1) is 21.5. The fraction of sp³-hybridized carbons (Fsp3) is 0.682. The number of rotatable bonds is 15. The lowest BCUT2D eigenvalue weighted by Crippen LogP contribution is -2.05. The number of hydrogen-bond donors (Lipinski definition) is 0. The van der Waals surface area contributed by atoms with Crippen molar-refractivity contribution >= 4 is 5.97 Å². The molecule has 3 heteroatoms. The first-order valence-corrected chi connectivity index (χ1v) is 10.2. The molecule has 3 nitrogen and oxygen atoms in total. The van der Waals surface area contributed by atoms with Gasteiger partial charge in [-0.05, 0) is 37.1 Å². The second-order valence-corrected chi connectivity index (χ2v) is 6.69. The molecule has 0 bridgehead atoms. The Labute approximate surface area is 154 Å². The topological polar surface area (TPSA) is 35.5 Å². The van der Waals surface area contributed by atoms with Gasteiger partial charge in [-0.15, -0.1) is 0 Å². The van der Waals surface area contributed by atoms with Gasteiger partial charge in [-0.25, -0.2) is 4.79 Å². The molecule has 1 aromatic carbocycles. The van der Waals surface area contributed by atoms with E-state index in [4.69, 9.17) is 9.47 Å². The molecule has 0 saturated carbocycles. The minimum atomic E-state index is -0.261. The molecule has 0 aliphatic rings. The van der Waals surface area contributed by atoms with Gasteiger partial charge in [-0.3, -0.25) is 0 Å². The molecule has 0 fully saturated rings. The molecule has 0 aromatic heterocycles.